The summed E-state index contributed by atoms with van der Waals surface area (Å²) in [7, 11) is 0. The standard InChI is InChI=1S/C19H21N3O4/c23-17(20-10-8-15-7-4-12-26-15)13-16-18(24)22(19(25)21-16)11-9-14-5-2-1-3-6-14/h1-7,12,16H,8-11,13H2,(H,20,23)(H,21,25). The van der Waals surface area contributed by atoms with Crippen molar-refractivity contribution in [2.75, 3.05) is 13.1 Å². The van der Waals surface area contributed by atoms with Gasteiger partial charge in [0, 0.05) is 19.5 Å². The molecule has 7 heteroatoms. The summed E-state index contributed by atoms with van der Waals surface area (Å²) >= 11 is 0. The van der Waals surface area contributed by atoms with Crippen LogP contribution < -0.4 is 10.6 Å². The molecule has 0 aliphatic carbocycles. The Hall–Kier alpha value is -3.09. The van der Waals surface area contributed by atoms with E-state index < -0.39 is 12.1 Å². The number of hydrogen-bond acceptors (Lipinski definition) is 4. The van der Waals surface area contributed by atoms with E-state index in [0.29, 0.717) is 25.9 Å². The van der Waals surface area contributed by atoms with Crippen LogP contribution >= 0.6 is 0 Å². The second kappa shape index (κ2) is 8.33. The van der Waals surface area contributed by atoms with E-state index in [1.165, 1.54) is 4.90 Å². The fourth-order valence-electron chi connectivity index (χ4n) is 2.85. The molecule has 1 unspecified atom stereocenters. The van der Waals surface area contributed by atoms with Crippen LogP contribution in [0, 0.1) is 0 Å². The third kappa shape index (κ3) is 4.50. The van der Waals surface area contributed by atoms with Gasteiger partial charge in [-0.2, -0.15) is 0 Å². The highest BCUT2D eigenvalue weighted by Crippen LogP contribution is 2.11. The minimum Gasteiger partial charge on any atom is -0.469 e. The molecular formula is C19H21N3O4. The van der Waals surface area contributed by atoms with E-state index in [-0.39, 0.29) is 18.2 Å². The average Bonchev–Trinajstić information content (AvgIpc) is 3.23. The Kier molecular flexibility index (Phi) is 5.68. The van der Waals surface area contributed by atoms with E-state index in [9.17, 15) is 14.4 Å². The number of benzene rings is 1. The average molecular weight is 355 g/mol. The van der Waals surface area contributed by atoms with Crippen molar-refractivity contribution in [2.45, 2.75) is 25.3 Å². The zero-order valence-electron chi connectivity index (χ0n) is 14.3. The molecule has 26 heavy (non-hydrogen) atoms. The molecule has 2 aromatic rings. The van der Waals surface area contributed by atoms with E-state index in [0.717, 1.165) is 11.3 Å². The lowest BCUT2D eigenvalue weighted by Gasteiger charge is -2.13. The Morgan fingerprint density at radius 1 is 1.12 bits per heavy atom. The number of hydrogen-bond donors (Lipinski definition) is 2. The molecule has 0 spiro atoms. The van der Waals surface area contributed by atoms with Crippen LogP contribution in [-0.4, -0.2) is 41.9 Å². The molecule has 2 heterocycles. The van der Waals surface area contributed by atoms with Crippen molar-refractivity contribution in [3.05, 3.63) is 60.1 Å². The molecule has 7 nitrogen and oxygen atoms in total. The molecular weight excluding hydrogens is 334 g/mol. The second-order valence-corrected chi connectivity index (χ2v) is 6.11. The quantitative estimate of drug-likeness (QED) is 0.702. The van der Waals surface area contributed by atoms with Crippen molar-refractivity contribution in [3.8, 4) is 0 Å². The molecule has 1 aliphatic rings. The molecule has 0 bridgehead atoms. The smallest absolute Gasteiger partial charge is 0.324 e. The van der Waals surface area contributed by atoms with Gasteiger partial charge >= 0.3 is 6.03 Å². The fourth-order valence-corrected chi connectivity index (χ4v) is 2.85. The van der Waals surface area contributed by atoms with E-state index >= 15 is 0 Å². The number of nitrogens with one attached hydrogen (secondary N) is 2. The van der Waals surface area contributed by atoms with Gasteiger partial charge in [-0.15, -0.1) is 0 Å². The number of imide groups is 1. The van der Waals surface area contributed by atoms with Crippen molar-refractivity contribution in [1.29, 1.82) is 0 Å². The summed E-state index contributed by atoms with van der Waals surface area (Å²) in [4.78, 5) is 37.6. The molecule has 136 valence electrons. The molecule has 1 saturated heterocycles. The van der Waals surface area contributed by atoms with Crippen LogP contribution in [0.1, 0.15) is 17.7 Å². The molecule has 0 radical (unpaired) electrons. The Bertz CT molecular complexity index is 758. The Morgan fingerprint density at radius 3 is 2.65 bits per heavy atom. The van der Waals surface area contributed by atoms with Gasteiger partial charge in [0.1, 0.15) is 11.8 Å². The van der Waals surface area contributed by atoms with Crippen molar-refractivity contribution in [2.24, 2.45) is 0 Å². The lowest BCUT2D eigenvalue weighted by Crippen LogP contribution is -2.37. The number of furan rings is 1. The van der Waals surface area contributed by atoms with Crippen LogP contribution in [0.15, 0.2) is 53.1 Å². The van der Waals surface area contributed by atoms with Crippen molar-refractivity contribution in [1.82, 2.24) is 15.5 Å². The van der Waals surface area contributed by atoms with Gasteiger partial charge in [-0.05, 0) is 24.1 Å². The zero-order chi connectivity index (χ0) is 18.4. The zero-order valence-corrected chi connectivity index (χ0v) is 14.3. The minimum absolute atomic E-state index is 0.0649. The summed E-state index contributed by atoms with van der Waals surface area (Å²) in [6.07, 6.45) is 2.67. The van der Waals surface area contributed by atoms with Crippen LogP contribution in [0.3, 0.4) is 0 Å². The second-order valence-electron chi connectivity index (χ2n) is 6.11. The number of nitrogens with zero attached hydrogens (tertiary/aromatic N) is 1. The first-order chi connectivity index (χ1) is 12.6. The highest BCUT2D eigenvalue weighted by molar-refractivity contribution is 6.05. The van der Waals surface area contributed by atoms with Gasteiger partial charge in [0.15, 0.2) is 0 Å². The largest absolute Gasteiger partial charge is 0.469 e. The fraction of sp³-hybridized carbons (Fsp3) is 0.316. The predicted octanol–water partition coefficient (Wildman–Crippen LogP) is 1.49. The van der Waals surface area contributed by atoms with E-state index in [1.807, 2.05) is 36.4 Å². The van der Waals surface area contributed by atoms with Gasteiger partial charge in [-0.1, -0.05) is 30.3 Å². The van der Waals surface area contributed by atoms with Crippen molar-refractivity contribution >= 4 is 17.8 Å². The summed E-state index contributed by atoms with van der Waals surface area (Å²) in [6, 6.07) is 12.0. The van der Waals surface area contributed by atoms with E-state index in [1.54, 1.807) is 12.3 Å². The molecule has 0 saturated carbocycles. The highest BCUT2D eigenvalue weighted by atomic mass is 16.3. The van der Waals surface area contributed by atoms with Gasteiger partial charge in [0.25, 0.3) is 5.91 Å². The first kappa shape index (κ1) is 17.7. The summed E-state index contributed by atoms with van der Waals surface area (Å²) < 4.78 is 5.19. The maximum absolute atomic E-state index is 12.4. The highest BCUT2D eigenvalue weighted by Gasteiger charge is 2.38. The molecule has 1 fully saturated rings. The molecule has 3 rings (SSSR count). The van der Waals surface area contributed by atoms with Crippen molar-refractivity contribution in [3.63, 3.8) is 0 Å². The summed E-state index contributed by atoms with van der Waals surface area (Å²) in [5.74, 6) is 0.148. The molecule has 1 atom stereocenters. The lowest BCUT2D eigenvalue weighted by molar-refractivity contribution is -0.130. The van der Waals surface area contributed by atoms with Crippen molar-refractivity contribution < 1.29 is 18.8 Å². The van der Waals surface area contributed by atoms with Gasteiger partial charge < -0.3 is 15.1 Å². The van der Waals surface area contributed by atoms with Gasteiger partial charge in [0.05, 0.1) is 12.7 Å². The number of amides is 4. The Labute approximate surface area is 151 Å². The molecule has 1 aromatic carbocycles. The summed E-state index contributed by atoms with van der Waals surface area (Å²) in [6.45, 7) is 0.713. The first-order valence-electron chi connectivity index (χ1n) is 8.58. The third-order valence-corrected chi connectivity index (χ3v) is 4.24. The lowest BCUT2D eigenvalue weighted by atomic mass is 10.1. The van der Waals surface area contributed by atoms with Gasteiger partial charge in [-0.3, -0.25) is 14.5 Å². The number of carbonyl (C=O) groups excluding carboxylic acids is 3. The van der Waals surface area contributed by atoms with Crippen LogP contribution in [0.4, 0.5) is 4.79 Å². The maximum atomic E-state index is 12.4. The van der Waals surface area contributed by atoms with Gasteiger partial charge in [0.2, 0.25) is 5.91 Å². The number of urea groups is 1. The Balaban J connectivity index is 1.44. The first-order valence-corrected chi connectivity index (χ1v) is 8.58. The molecule has 2 N–H and O–H groups in total. The Morgan fingerprint density at radius 2 is 1.92 bits per heavy atom. The normalized spacial score (nSPS) is 16.6. The predicted molar refractivity (Wildman–Crippen MR) is 94.2 cm³/mol. The van der Waals surface area contributed by atoms with E-state index in [2.05, 4.69) is 10.6 Å². The van der Waals surface area contributed by atoms with Gasteiger partial charge in [-0.25, -0.2) is 4.79 Å². The maximum Gasteiger partial charge on any atom is 0.324 e. The third-order valence-electron chi connectivity index (χ3n) is 4.24. The van der Waals surface area contributed by atoms with Crippen LogP contribution in [-0.2, 0) is 22.4 Å². The van der Waals surface area contributed by atoms with Crippen LogP contribution in [0.25, 0.3) is 0 Å². The molecule has 1 aromatic heterocycles. The van der Waals surface area contributed by atoms with E-state index in [4.69, 9.17) is 4.42 Å². The SMILES string of the molecule is O=C(CC1NC(=O)N(CCc2ccccc2)C1=O)NCCc1ccco1. The minimum atomic E-state index is -0.804. The molecule has 1 aliphatic heterocycles. The summed E-state index contributed by atoms with van der Waals surface area (Å²) in [5, 5.41) is 5.32. The number of carbonyl (C=O) groups is 3. The summed E-state index contributed by atoms with van der Waals surface area (Å²) in [5.41, 5.74) is 1.05. The topological polar surface area (TPSA) is 91.7 Å². The van der Waals surface area contributed by atoms with Crippen LogP contribution in [0.2, 0.25) is 0 Å². The number of rotatable bonds is 8. The van der Waals surface area contributed by atoms with Crippen LogP contribution in [0.5, 0.6) is 0 Å². The molecule has 4 amide bonds. The monoisotopic (exact) mass is 355 g/mol.